The van der Waals surface area contributed by atoms with Crippen molar-refractivity contribution < 1.29 is 24.2 Å². The molecule has 0 aromatic carbocycles. The Kier molecular flexibility index (Phi) is 7.95. The van der Waals surface area contributed by atoms with Gasteiger partial charge in [-0.05, 0) is 52.4 Å². The molecule has 2 bridgehead atoms. The lowest BCUT2D eigenvalue weighted by molar-refractivity contribution is -0.155. The third-order valence-corrected chi connectivity index (χ3v) is 9.19. The van der Waals surface area contributed by atoms with E-state index >= 15 is 0 Å². The SMILES string of the molecule is CCCCCNC(=O)C1N(CCCCCO)C(=O)[C@@H]2[C@H](C(=O)OCC)[C@]3(C)CCC12S3. The number of hydrogen-bond acceptors (Lipinski definition) is 6. The summed E-state index contributed by atoms with van der Waals surface area (Å²) in [5, 5.41) is 12.2. The molecule has 3 aliphatic rings. The molecule has 0 radical (unpaired) electrons. The molecule has 0 aromatic rings. The molecule has 2 amide bonds. The molecule has 0 saturated carbocycles. The number of carbonyl (C=O) groups excluding carboxylic acids is 3. The van der Waals surface area contributed by atoms with Crippen molar-refractivity contribution in [3.8, 4) is 0 Å². The van der Waals surface area contributed by atoms with Gasteiger partial charge in [0.2, 0.25) is 11.8 Å². The summed E-state index contributed by atoms with van der Waals surface area (Å²) in [5.74, 6) is -1.47. The Labute approximate surface area is 190 Å². The van der Waals surface area contributed by atoms with Crippen molar-refractivity contribution in [2.45, 2.75) is 87.7 Å². The van der Waals surface area contributed by atoms with E-state index in [-0.39, 0.29) is 35.7 Å². The van der Waals surface area contributed by atoms with Crippen LogP contribution >= 0.6 is 11.8 Å². The number of rotatable bonds is 12. The Morgan fingerprint density at radius 3 is 2.65 bits per heavy atom. The molecule has 3 fully saturated rings. The van der Waals surface area contributed by atoms with Gasteiger partial charge in [-0.15, -0.1) is 11.8 Å². The number of amides is 2. The molecule has 3 aliphatic heterocycles. The number of nitrogens with one attached hydrogen (secondary N) is 1. The van der Waals surface area contributed by atoms with Crippen molar-refractivity contribution >= 4 is 29.5 Å². The molecule has 8 heteroatoms. The molecular formula is C23H38N2O5S. The standard InChI is InChI=1S/C23H38N2O5S/c1-4-6-8-13-24-19(27)18-23-12-11-22(3,31-23)17(21(29)30-5-2)16(23)20(28)25(18)14-9-7-10-15-26/h16-18,26H,4-15H2,1-3H3,(H,24,27)/t16-,17+,18?,22-,23?/m0/s1. The summed E-state index contributed by atoms with van der Waals surface area (Å²) in [7, 11) is 0. The number of carbonyl (C=O) groups is 3. The molecule has 5 atom stereocenters. The second-order valence-corrected chi connectivity index (χ2v) is 11.2. The quantitative estimate of drug-likeness (QED) is 0.347. The van der Waals surface area contributed by atoms with Gasteiger partial charge in [0.05, 0.1) is 23.2 Å². The smallest absolute Gasteiger partial charge is 0.311 e. The highest BCUT2D eigenvalue weighted by atomic mass is 32.2. The number of esters is 1. The monoisotopic (exact) mass is 454 g/mol. The zero-order chi connectivity index (χ0) is 22.6. The molecule has 2 N–H and O–H groups in total. The number of aliphatic hydroxyl groups is 1. The predicted octanol–water partition coefficient (Wildman–Crippen LogP) is 2.50. The number of aliphatic hydroxyl groups excluding tert-OH is 1. The van der Waals surface area contributed by atoms with Crippen LogP contribution in [0.3, 0.4) is 0 Å². The summed E-state index contributed by atoms with van der Waals surface area (Å²) in [5.41, 5.74) is 0. The second kappa shape index (κ2) is 10.1. The van der Waals surface area contributed by atoms with Gasteiger partial charge in [0.25, 0.3) is 0 Å². The highest BCUT2D eigenvalue weighted by Crippen LogP contribution is 2.71. The van der Waals surface area contributed by atoms with E-state index in [0.29, 0.717) is 19.5 Å². The number of fused-ring (bicyclic) bond motifs is 1. The summed E-state index contributed by atoms with van der Waals surface area (Å²) >= 11 is 1.68. The fraction of sp³-hybridized carbons (Fsp3) is 0.870. The second-order valence-electron chi connectivity index (χ2n) is 9.29. The van der Waals surface area contributed by atoms with Crippen LogP contribution in [0, 0.1) is 11.8 Å². The normalized spacial score (nSPS) is 33.6. The van der Waals surface area contributed by atoms with Gasteiger partial charge in [-0.3, -0.25) is 14.4 Å². The maximum absolute atomic E-state index is 13.7. The Morgan fingerprint density at radius 2 is 1.97 bits per heavy atom. The Hall–Kier alpha value is -1.28. The van der Waals surface area contributed by atoms with Crippen molar-refractivity contribution in [2.75, 3.05) is 26.3 Å². The average Bonchev–Trinajstić information content (AvgIpc) is 3.30. The van der Waals surface area contributed by atoms with Crippen LogP contribution in [0.15, 0.2) is 0 Å². The van der Waals surface area contributed by atoms with Gasteiger partial charge in [0, 0.05) is 24.4 Å². The topological polar surface area (TPSA) is 95.9 Å². The molecule has 176 valence electrons. The van der Waals surface area contributed by atoms with Crippen LogP contribution in [0.5, 0.6) is 0 Å². The molecule has 3 heterocycles. The van der Waals surface area contributed by atoms with Crippen molar-refractivity contribution in [1.29, 1.82) is 0 Å². The molecular weight excluding hydrogens is 416 g/mol. The molecule has 1 spiro atoms. The van der Waals surface area contributed by atoms with Gasteiger partial charge in [-0.2, -0.15) is 0 Å². The van der Waals surface area contributed by atoms with E-state index in [2.05, 4.69) is 19.2 Å². The number of nitrogens with zero attached hydrogens (tertiary/aromatic N) is 1. The average molecular weight is 455 g/mol. The maximum atomic E-state index is 13.7. The third-order valence-electron chi connectivity index (χ3n) is 7.20. The molecule has 3 rings (SSSR count). The van der Waals surface area contributed by atoms with Gasteiger partial charge < -0.3 is 20.1 Å². The van der Waals surface area contributed by atoms with Crippen LogP contribution in [-0.4, -0.2) is 69.6 Å². The molecule has 0 aromatic heterocycles. The van der Waals surface area contributed by atoms with Crippen LogP contribution in [-0.2, 0) is 19.1 Å². The Bertz CT molecular complexity index is 689. The fourth-order valence-corrected chi connectivity index (χ4v) is 8.16. The van der Waals surface area contributed by atoms with Crippen LogP contribution in [0.1, 0.15) is 72.1 Å². The minimum atomic E-state index is -0.560. The molecule has 0 aliphatic carbocycles. The summed E-state index contributed by atoms with van der Waals surface area (Å²) in [4.78, 5) is 41.7. The molecule has 7 nitrogen and oxygen atoms in total. The third kappa shape index (κ3) is 4.34. The summed E-state index contributed by atoms with van der Waals surface area (Å²) in [6.07, 6.45) is 6.85. The highest BCUT2D eigenvalue weighted by Gasteiger charge is 2.77. The van der Waals surface area contributed by atoms with Crippen molar-refractivity contribution in [1.82, 2.24) is 10.2 Å². The summed E-state index contributed by atoms with van der Waals surface area (Å²) in [6, 6.07) is -0.549. The van der Waals surface area contributed by atoms with Gasteiger partial charge in [-0.25, -0.2) is 0 Å². The van der Waals surface area contributed by atoms with Crippen molar-refractivity contribution in [3.05, 3.63) is 0 Å². The minimum absolute atomic E-state index is 0.0771. The summed E-state index contributed by atoms with van der Waals surface area (Å²) < 4.78 is 4.46. The number of ether oxygens (including phenoxy) is 1. The lowest BCUT2D eigenvalue weighted by Crippen LogP contribution is -2.53. The first-order chi connectivity index (χ1) is 14.9. The Balaban J connectivity index is 1.87. The number of likely N-dealkylation sites (tertiary alicyclic amines) is 1. The van der Waals surface area contributed by atoms with E-state index in [0.717, 1.165) is 44.9 Å². The van der Waals surface area contributed by atoms with Crippen molar-refractivity contribution in [2.24, 2.45) is 11.8 Å². The first kappa shape index (κ1) is 24.4. The number of unbranched alkanes of at least 4 members (excludes halogenated alkanes) is 4. The maximum Gasteiger partial charge on any atom is 0.311 e. The lowest BCUT2D eigenvalue weighted by Gasteiger charge is -2.34. The lowest BCUT2D eigenvalue weighted by atomic mass is 9.66. The van der Waals surface area contributed by atoms with Gasteiger partial charge in [-0.1, -0.05) is 19.8 Å². The highest BCUT2D eigenvalue weighted by molar-refractivity contribution is 8.02. The van der Waals surface area contributed by atoms with E-state index in [1.165, 1.54) is 0 Å². The van der Waals surface area contributed by atoms with E-state index in [1.54, 1.807) is 23.6 Å². The molecule has 3 saturated heterocycles. The largest absolute Gasteiger partial charge is 0.466 e. The first-order valence-corrected chi connectivity index (χ1v) is 12.7. The van der Waals surface area contributed by atoms with Crippen molar-refractivity contribution in [3.63, 3.8) is 0 Å². The van der Waals surface area contributed by atoms with Gasteiger partial charge in [0.1, 0.15) is 6.04 Å². The zero-order valence-electron chi connectivity index (χ0n) is 19.2. The van der Waals surface area contributed by atoms with E-state index in [9.17, 15) is 14.4 Å². The molecule has 2 unspecified atom stereocenters. The minimum Gasteiger partial charge on any atom is -0.466 e. The predicted molar refractivity (Wildman–Crippen MR) is 121 cm³/mol. The number of hydrogen-bond donors (Lipinski definition) is 2. The van der Waals surface area contributed by atoms with Crippen LogP contribution in [0.4, 0.5) is 0 Å². The van der Waals surface area contributed by atoms with Crippen LogP contribution < -0.4 is 5.32 Å². The molecule has 31 heavy (non-hydrogen) atoms. The van der Waals surface area contributed by atoms with E-state index < -0.39 is 22.6 Å². The Morgan fingerprint density at radius 1 is 1.19 bits per heavy atom. The first-order valence-electron chi connectivity index (χ1n) is 11.9. The van der Waals surface area contributed by atoms with E-state index in [4.69, 9.17) is 9.84 Å². The zero-order valence-corrected chi connectivity index (χ0v) is 20.0. The van der Waals surface area contributed by atoms with E-state index in [1.807, 2.05) is 0 Å². The van der Waals surface area contributed by atoms with Gasteiger partial charge >= 0.3 is 5.97 Å². The van der Waals surface area contributed by atoms with Crippen LogP contribution in [0.25, 0.3) is 0 Å². The number of thioether (sulfide) groups is 1. The van der Waals surface area contributed by atoms with Crippen LogP contribution in [0.2, 0.25) is 0 Å². The van der Waals surface area contributed by atoms with Gasteiger partial charge in [0.15, 0.2) is 0 Å². The fourth-order valence-electron chi connectivity index (χ4n) is 5.81. The summed E-state index contributed by atoms with van der Waals surface area (Å²) in [6.45, 7) is 7.47.